The normalized spacial score (nSPS) is 22.2. The summed E-state index contributed by atoms with van der Waals surface area (Å²) in [6, 6.07) is 7.02. The summed E-state index contributed by atoms with van der Waals surface area (Å²) in [7, 11) is 0. The van der Waals surface area contributed by atoms with E-state index in [9.17, 15) is 4.79 Å². The van der Waals surface area contributed by atoms with E-state index in [0.29, 0.717) is 11.7 Å². The van der Waals surface area contributed by atoms with E-state index in [1.54, 1.807) is 0 Å². The van der Waals surface area contributed by atoms with Gasteiger partial charge in [0, 0.05) is 30.6 Å². The number of rotatable bonds is 2. The average molecular weight is 281 g/mol. The highest BCUT2D eigenvalue weighted by Gasteiger charge is 2.33. The van der Waals surface area contributed by atoms with Gasteiger partial charge in [0.2, 0.25) is 0 Å². The lowest BCUT2D eigenvalue weighted by molar-refractivity contribution is 0.0906. The van der Waals surface area contributed by atoms with E-state index in [0.717, 1.165) is 44.3 Å². The third-order valence-electron chi connectivity index (χ3n) is 5.24. The summed E-state index contributed by atoms with van der Waals surface area (Å²) in [5, 5.41) is 0. The molecule has 3 rings (SSSR count). The summed E-state index contributed by atoms with van der Waals surface area (Å²) in [6.45, 7) is 6.18. The van der Waals surface area contributed by atoms with E-state index in [1.807, 2.05) is 0 Å². The first kappa shape index (κ1) is 14.2. The van der Waals surface area contributed by atoms with Crippen LogP contribution in [-0.2, 0) is 6.42 Å². The maximum atomic E-state index is 12.6. The average Bonchev–Trinajstić information content (AvgIpc) is 2.77. The van der Waals surface area contributed by atoms with Gasteiger partial charge in [-0.1, -0.05) is 12.5 Å². The van der Waals surface area contributed by atoms with Crippen LogP contribution in [0.15, 0.2) is 12.1 Å². The van der Waals surface area contributed by atoms with Gasteiger partial charge >= 0.3 is 0 Å². The van der Waals surface area contributed by atoms with Crippen molar-refractivity contribution in [2.45, 2.75) is 39.5 Å². The lowest BCUT2D eigenvalue weighted by atomic mass is 9.85. The molecule has 0 amide bonds. The molecule has 2 aliphatic rings. The van der Waals surface area contributed by atoms with E-state index in [4.69, 9.17) is 6.42 Å². The number of benzene rings is 1. The number of fused-ring (bicyclic) bond motifs is 1. The van der Waals surface area contributed by atoms with Crippen LogP contribution in [0.2, 0.25) is 0 Å². The molecule has 1 heterocycles. The lowest BCUT2D eigenvalue weighted by Gasteiger charge is -2.30. The molecule has 1 unspecified atom stereocenters. The van der Waals surface area contributed by atoms with Gasteiger partial charge in [-0.25, -0.2) is 0 Å². The molecule has 2 heteroatoms. The van der Waals surface area contributed by atoms with Crippen LogP contribution in [0.3, 0.4) is 0 Å². The number of hydrogen-bond acceptors (Lipinski definition) is 2. The molecule has 2 nitrogen and oxygen atoms in total. The smallest absolute Gasteiger partial charge is 0.166 e. The maximum Gasteiger partial charge on any atom is 0.166 e. The Morgan fingerprint density at radius 2 is 1.90 bits per heavy atom. The first-order chi connectivity index (χ1) is 10.1. The Bertz CT molecular complexity index is 603. The van der Waals surface area contributed by atoms with Gasteiger partial charge in [-0.2, -0.15) is 0 Å². The lowest BCUT2D eigenvalue weighted by Crippen LogP contribution is -2.31. The molecule has 0 N–H and O–H groups in total. The van der Waals surface area contributed by atoms with Gasteiger partial charge in [0.25, 0.3) is 0 Å². The third kappa shape index (κ3) is 2.70. The van der Waals surface area contributed by atoms with Gasteiger partial charge in [0.1, 0.15) is 0 Å². The fourth-order valence-corrected chi connectivity index (χ4v) is 3.74. The van der Waals surface area contributed by atoms with Gasteiger partial charge < -0.3 is 4.90 Å². The zero-order valence-electron chi connectivity index (χ0n) is 13.0. The SMILES string of the molecule is C#CN1CCC(CC2Cc3cc(C)c(C)cc3C2=O)CC1. The van der Waals surface area contributed by atoms with E-state index in [1.165, 1.54) is 16.7 Å². The van der Waals surface area contributed by atoms with Crippen molar-refractivity contribution in [2.75, 3.05) is 13.1 Å². The molecule has 0 radical (unpaired) electrons. The van der Waals surface area contributed by atoms with Crippen LogP contribution in [0.25, 0.3) is 0 Å². The first-order valence-electron chi connectivity index (χ1n) is 7.94. The van der Waals surface area contributed by atoms with Crippen molar-refractivity contribution in [3.63, 3.8) is 0 Å². The third-order valence-corrected chi connectivity index (χ3v) is 5.24. The van der Waals surface area contributed by atoms with Crippen LogP contribution >= 0.6 is 0 Å². The number of terminal acetylenes is 1. The molecular weight excluding hydrogens is 258 g/mol. The standard InChI is InChI=1S/C19H23NO/c1-4-20-7-5-15(6-8-20)11-17-12-16-9-13(2)14(3)10-18(16)19(17)21/h1,9-10,15,17H,5-8,11-12H2,2-3H3. The molecule has 1 aromatic rings. The molecule has 21 heavy (non-hydrogen) atoms. The van der Waals surface area contributed by atoms with E-state index < -0.39 is 0 Å². The maximum absolute atomic E-state index is 12.6. The molecular formula is C19H23NO. The Kier molecular flexibility index (Phi) is 3.76. The predicted octanol–water partition coefficient (Wildman–Crippen LogP) is 3.35. The number of likely N-dealkylation sites (tertiary alicyclic amines) is 1. The van der Waals surface area contributed by atoms with Crippen molar-refractivity contribution in [3.05, 3.63) is 34.4 Å². The topological polar surface area (TPSA) is 20.3 Å². The molecule has 1 aromatic carbocycles. The number of nitrogens with zero attached hydrogens (tertiary/aromatic N) is 1. The molecule has 0 aromatic heterocycles. The number of hydrogen-bond donors (Lipinski definition) is 0. The van der Waals surface area contributed by atoms with Crippen molar-refractivity contribution < 1.29 is 4.79 Å². The fraction of sp³-hybridized carbons (Fsp3) is 0.526. The zero-order valence-corrected chi connectivity index (χ0v) is 13.0. The Morgan fingerprint density at radius 1 is 1.24 bits per heavy atom. The highest BCUT2D eigenvalue weighted by molar-refractivity contribution is 6.02. The molecule has 0 spiro atoms. The number of Topliss-reactive ketones (excluding diaryl/α,β-unsaturated/α-hetero) is 1. The highest BCUT2D eigenvalue weighted by Crippen LogP contribution is 2.35. The van der Waals surface area contributed by atoms with Crippen molar-refractivity contribution in [2.24, 2.45) is 11.8 Å². The van der Waals surface area contributed by atoms with E-state index >= 15 is 0 Å². The summed E-state index contributed by atoms with van der Waals surface area (Å²) < 4.78 is 0. The van der Waals surface area contributed by atoms with Gasteiger partial charge in [0.05, 0.1) is 0 Å². The summed E-state index contributed by atoms with van der Waals surface area (Å²) in [5.41, 5.74) is 4.76. The highest BCUT2D eigenvalue weighted by atomic mass is 16.1. The quantitative estimate of drug-likeness (QED) is 0.775. The van der Waals surface area contributed by atoms with Crippen LogP contribution in [-0.4, -0.2) is 23.8 Å². The van der Waals surface area contributed by atoms with Crippen LogP contribution in [0.1, 0.15) is 46.3 Å². The summed E-state index contributed by atoms with van der Waals surface area (Å²) in [6.07, 6.45) is 9.66. The van der Waals surface area contributed by atoms with Gasteiger partial charge in [-0.3, -0.25) is 4.79 Å². The minimum atomic E-state index is 0.198. The monoisotopic (exact) mass is 281 g/mol. The number of aryl methyl sites for hydroxylation is 2. The Labute approximate surface area is 127 Å². The molecule has 0 bridgehead atoms. The second-order valence-electron chi connectivity index (χ2n) is 6.65. The van der Waals surface area contributed by atoms with Crippen LogP contribution in [0, 0.1) is 38.2 Å². The number of carbonyl (C=O) groups excluding carboxylic acids is 1. The Balaban J connectivity index is 1.67. The number of piperidine rings is 1. The van der Waals surface area contributed by atoms with Gasteiger partial charge in [-0.05, 0) is 68.2 Å². The van der Waals surface area contributed by atoms with Crippen molar-refractivity contribution in [1.29, 1.82) is 0 Å². The number of carbonyl (C=O) groups is 1. The van der Waals surface area contributed by atoms with Crippen molar-refractivity contribution >= 4 is 5.78 Å². The second kappa shape index (κ2) is 5.56. The zero-order chi connectivity index (χ0) is 15.0. The Morgan fingerprint density at radius 3 is 2.57 bits per heavy atom. The predicted molar refractivity (Wildman–Crippen MR) is 85.2 cm³/mol. The van der Waals surface area contributed by atoms with Crippen molar-refractivity contribution in [1.82, 2.24) is 4.90 Å². The molecule has 0 saturated carbocycles. The van der Waals surface area contributed by atoms with E-state index in [2.05, 4.69) is 36.9 Å². The molecule has 110 valence electrons. The second-order valence-corrected chi connectivity index (χ2v) is 6.65. The number of ketones is 1. The van der Waals surface area contributed by atoms with Gasteiger partial charge in [0.15, 0.2) is 5.78 Å². The summed E-state index contributed by atoms with van der Waals surface area (Å²) >= 11 is 0. The summed E-state index contributed by atoms with van der Waals surface area (Å²) in [5.74, 6) is 1.22. The largest absolute Gasteiger partial charge is 0.333 e. The van der Waals surface area contributed by atoms with Gasteiger partial charge in [-0.15, -0.1) is 0 Å². The minimum absolute atomic E-state index is 0.198. The molecule has 1 fully saturated rings. The fourth-order valence-electron chi connectivity index (χ4n) is 3.74. The molecule has 1 aliphatic carbocycles. The summed E-state index contributed by atoms with van der Waals surface area (Å²) in [4.78, 5) is 14.7. The molecule has 1 saturated heterocycles. The van der Waals surface area contributed by atoms with E-state index in [-0.39, 0.29) is 5.92 Å². The van der Waals surface area contributed by atoms with Crippen LogP contribution in [0.5, 0.6) is 0 Å². The van der Waals surface area contributed by atoms with Crippen molar-refractivity contribution in [3.8, 4) is 12.5 Å². The first-order valence-corrected chi connectivity index (χ1v) is 7.94. The van der Waals surface area contributed by atoms with Crippen LogP contribution in [0.4, 0.5) is 0 Å². The molecule has 1 atom stereocenters. The minimum Gasteiger partial charge on any atom is -0.333 e. The van der Waals surface area contributed by atoms with Crippen LogP contribution < -0.4 is 0 Å². The molecule has 1 aliphatic heterocycles. The Hall–Kier alpha value is -1.75.